The molecule has 0 radical (unpaired) electrons. The predicted molar refractivity (Wildman–Crippen MR) is 71.2 cm³/mol. The first kappa shape index (κ1) is 12.3. The van der Waals surface area contributed by atoms with Gasteiger partial charge in [-0.1, -0.05) is 48.5 Å². The molecule has 3 nitrogen and oxygen atoms in total. The van der Waals surface area contributed by atoms with E-state index < -0.39 is 12.0 Å². The lowest BCUT2D eigenvalue weighted by atomic mass is 9.98. The minimum absolute atomic E-state index is 0.611. The summed E-state index contributed by atoms with van der Waals surface area (Å²) >= 11 is 0. The van der Waals surface area contributed by atoms with Crippen LogP contribution in [-0.2, 0) is 4.79 Å². The summed E-state index contributed by atoms with van der Waals surface area (Å²) in [6.07, 6.45) is 0. The molecule has 3 N–H and O–H groups in total. The van der Waals surface area contributed by atoms with E-state index in [0.29, 0.717) is 5.56 Å². The molecule has 3 heteroatoms. The number of nitrogens with two attached hydrogens (primary N) is 1. The van der Waals surface area contributed by atoms with E-state index in [0.717, 1.165) is 11.1 Å². The van der Waals surface area contributed by atoms with Crippen LogP contribution in [0.4, 0.5) is 0 Å². The highest BCUT2D eigenvalue weighted by atomic mass is 16.4. The highest BCUT2D eigenvalue weighted by Gasteiger charge is 2.13. The number of aryl methyl sites for hydroxylation is 1. The van der Waals surface area contributed by atoms with Crippen molar-refractivity contribution in [3.8, 4) is 11.1 Å². The summed E-state index contributed by atoms with van der Waals surface area (Å²) in [5.41, 5.74) is 9.57. The summed E-state index contributed by atoms with van der Waals surface area (Å²) in [7, 11) is 0. The number of aliphatic carboxylic acids is 1. The van der Waals surface area contributed by atoms with Gasteiger partial charge in [0.05, 0.1) is 0 Å². The van der Waals surface area contributed by atoms with Gasteiger partial charge in [0.15, 0.2) is 0 Å². The van der Waals surface area contributed by atoms with Gasteiger partial charge in [0.1, 0.15) is 6.04 Å². The normalized spacial score (nSPS) is 12.1. The van der Waals surface area contributed by atoms with Crippen molar-refractivity contribution in [2.75, 3.05) is 0 Å². The van der Waals surface area contributed by atoms with E-state index in [9.17, 15) is 4.79 Å². The van der Waals surface area contributed by atoms with Crippen LogP contribution in [0.2, 0.25) is 0 Å². The van der Waals surface area contributed by atoms with Crippen LogP contribution in [0.15, 0.2) is 48.5 Å². The van der Waals surface area contributed by atoms with Gasteiger partial charge in [0.25, 0.3) is 0 Å². The fraction of sp³-hybridized carbons (Fsp3) is 0.133. The molecule has 0 aromatic heterocycles. The zero-order valence-corrected chi connectivity index (χ0v) is 10.1. The molecule has 0 aliphatic heterocycles. The zero-order valence-electron chi connectivity index (χ0n) is 10.1. The summed E-state index contributed by atoms with van der Waals surface area (Å²) in [6, 6.07) is 14.4. The largest absolute Gasteiger partial charge is 0.480 e. The van der Waals surface area contributed by atoms with Gasteiger partial charge in [-0.15, -0.1) is 0 Å². The van der Waals surface area contributed by atoms with Crippen LogP contribution in [0.5, 0.6) is 0 Å². The molecule has 0 saturated carbocycles. The van der Waals surface area contributed by atoms with Crippen molar-refractivity contribution in [3.63, 3.8) is 0 Å². The molecule has 2 aromatic carbocycles. The molecule has 1 unspecified atom stereocenters. The molecule has 0 aliphatic rings. The lowest BCUT2D eigenvalue weighted by molar-refractivity contribution is -0.138. The molecule has 0 heterocycles. The van der Waals surface area contributed by atoms with E-state index in [1.54, 1.807) is 12.1 Å². The highest BCUT2D eigenvalue weighted by molar-refractivity contribution is 5.76. The van der Waals surface area contributed by atoms with Gasteiger partial charge in [-0.3, -0.25) is 4.79 Å². The van der Waals surface area contributed by atoms with Gasteiger partial charge < -0.3 is 10.8 Å². The Hall–Kier alpha value is -2.13. The predicted octanol–water partition coefficient (Wildman–Crippen LogP) is 2.75. The molecule has 18 heavy (non-hydrogen) atoms. The number of carboxylic acid groups (broad SMARTS) is 1. The first-order valence-corrected chi connectivity index (χ1v) is 5.74. The maximum atomic E-state index is 10.8. The van der Waals surface area contributed by atoms with Crippen molar-refractivity contribution < 1.29 is 9.90 Å². The molecule has 0 fully saturated rings. The molecule has 0 amide bonds. The number of benzene rings is 2. The Balaban J connectivity index is 2.34. The SMILES string of the molecule is Cc1ccccc1-c1ccc(C(N)C(=O)O)cc1. The molecular formula is C15H15NO2. The fourth-order valence-electron chi connectivity index (χ4n) is 1.91. The third-order valence-corrected chi connectivity index (χ3v) is 2.99. The van der Waals surface area contributed by atoms with E-state index in [2.05, 4.69) is 0 Å². The molecular weight excluding hydrogens is 226 g/mol. The van der Waals surface area contributed by atoms with Crippen LogP contribution in [0.25, 0.3) is 11.1 Å². The Morgan fingerprint density at radius 2 is 1.72 bits per heavy atom. The van der Waals surface area contributed by atoms with Gasteiger partial charge in [0, 0.05) is 0 Å². The third-order valence-electron chi connectivity index (χ3n) is 2.99. The van der Waals surface area contributed by atoms with Gasteiger partial charge in [-0.05, 0) is 29.2 Å². The monoisotopic (exact) mass is 241 g/mol. The third kappa shape index (κ3) is 2.41. The lowest BCUT2D eigenvalue weighted by Gasteiger charge is -2.09. The van der Waals surface area contributed by atoms with Crippen molar-refractivity contribution >= 4 is 5.97 Å². The quantitative estimate of drug-likeness (QED) is 0.868. The fourth-order valence-corrected chi connectivity index (χ4v) is 1.91. The Labute approximate surface area is 106 Å². The lowest BCUT2D eigenvalue weighted by Crippen LogP contribution is -2.20. The summed E-state index contributed by atoms with van der Waals surface area (Å²) in [5, 5.41) is 8.84. The summed E-state index contributed by atoms with van der Waals surface area (Å²) in [4.78, 5) is 10.8. The highest BCUT2D eigenvalue weighted by Crippen LogP contribution is 2.24. The van der Waals surface area contributed by atoms with Crippen molar-refractivity contribution in [2.24, 2.45) is 5.73 Å². The molecule has 1 atom stereocenters. The maximum absolute atomic E-state index is 10.8. The second-order valence-electron chi connectivity index (χ2n) is 4.25. The number of hydrogen-bond donors (Lipinski definition) is 2. The topological polar surface area (TPSA) is 63.3 Å². The average Bonchev–Trinajstić information content (AvgIpc) is 2.38. The molecule has 2 aromatic rings. The van der Waals surface area contributed by atoms with E-state index >= 15 is 0 Å². The van der Waals surface area contributed by atoms with Crippen molar-refractivity contribution in [1.29, 1.82) is 0 Å². The maximum Gasteiger partial charge on any atom is 0.325 e. The molecule has 92 valence electrons. The first-order chi connectivity index (χ1) is 8.59. The Bertz CT molecular complexity index is 561. The second-order valence-corrected chi connectivity index (χ2v) is 4.25. The second kappa shape index (κ2) is 5.02. The standard InChI is InChI=1S/C15H15NO2/c1-10-4-2-3-5-13(10)11-6-8-12(9-7-11)14(16)15(17)18/h2-9,14H,16H2,1H3,(H,17,18). The average molecular weight is 241 g/mol. The molecule has 0 spiro atoms. The summed E-state index contributed by atoms with van der Waals surface area (Å²) in [6.45, 7) is 2.05. The first-order valence-electron chi connectivity index (χ1n) is 5.74. The van der Waals surface area contributed by atoms with Gasteiger partial charge >= 0.3 is 5.97 Å². The Morgan fingerprint density at radius 1 is 1.11 bits per heavy atom. The molecule has 0 saturated heterocycles. The molecule has 0 aliphatic carbocycles. The van der Waals surface area contributed by atoms with Crippen LogP contribution >= 0.6 is 0 Å². The van der Waals surface area contributed by atoms with Crippen LogP contribution in [0, 0.1) is 6.92 Å². The number of hydrogen-bond acceptors (Lipinski definition) is 2. The van der Waals surface area contributed by atoms with Crippen LogP contribution in [-0.4, -0.2) is 11.1 Å². The number of carbonyl (C=O) groups is 1. The Morgan fingerprint density at radius 3 is 2.28 bits per heavy atom. The smallest absolute Gasteiger partial charge is 0.325 e. The molecule has 0 bridgehead atoms. The van der Waals surface area contributed by atoms with Crippen molar-refractivity contribution in [1.82, 2.24) is 0 Å². The van der Waals surface area contributed by atoms with Gasteiger partial charge in [0.2, 0.25) is 0 Å². The van der Waals surface area contributed by atoms with E-state index in [-0.39, 0.29) is 0 Å². The van der Waals surface area contributed by atoms with Crippen LogP contribution in [0.1, 0.15) is 17.2 Å². The Kier molecular flexibility index (Phi) is 3.44. The van der Waals surface area contributed by atoms with Crippen molar-refractivity contribution in [2.45, 2.75) is 13.0 Å². The minimum atomic E-state index is -1.02. The molecule has 2 rings (SSSR count). The van der Waals surface area contributed by atoms with Crippen LogP contribution in [0.3, 0.4) is 0 Å². The van der Waals surface area contributed by atoms with Gasteiger partial charge in [-0.2, -0.15) is 0 Å². The zero-order chi connectivity index (χ0) is 13.1. The number of carboxylic acids is 1. The van der Waals surface area contributed by atoms with E-state index in [4.69, 9.17) is 10.8 Å². The summed E-state index contributed by atoms with van der Waals surface area (Å²) < 4.78 is 0. The number of rotatable bonds is 3. The minimum Gasteiger partial charge on any atom is -0.480 e. The van der Waals surface area contributed by atoms with Crippen LogP contribution < -0.4 is 5.73 Å². The van der Waals surface area contributed by atoms with E-state index in [1.165, 1.54) is 5.56 Å². The van der Waals surface area contributed by atoms with Gasteiger partial charge in [-0.25, -0.2) is 0 Å². The summed E-state index contributed by atoms with van der Waals surface area (Å²) in [5.74, 6) is -1.02. The van der Waals surface area contributed by atoms with Crippen molar-refractivity contribution in [3.05, 3.63) is 59.7 Å². The van der Waals surface area contributed by atoms with E-state index in [1.807, 2.05) is 43.3 Å².